The lowest BCUT2D eigenvalue weighted by molar-refractivity contribution is -0.125. The quantitative estimate of drug-likeness (QED) is 0.757. The molecule has 6 heteroatoms. The molecule has 0 radical (unpaired) electrons. The first-order valence-corrected chi connectivity index (χ1v) is 8.49. The van der Waals surface area contributed by atoms with E-state index in [9.17, 15) is 4.79 Å². The first kappa shape index (κ1) is 14.1. The van der Waals surface area contributed by atoms with E-state index in [0.29, 0.717) is 13.1 Å². The number of aryl methyl sites for hydroxylation is 1. The van der Waals surface area contributed by atoms with Gasteiger partial charge in [0.2, 0.25) is 0 Å². The van der Waals surface area contributed by atoms with Gasteiger partial charge in [0.15, 0.2) is 5.13 Å². The summed E-state index contributed by atoms with van der Waals surface area (Å²) in [6.07, 6.45) is 1.81. The molecule has 0 saturated carbocycles. The summed E-state index contributed by atoms with van der Waals surface area (Å²) < 4.78 is 0. The van der Waals surface area contributed by atoms with Gasteiger partial charge in [-0.05, 0) is 29.9 Å². The van der Waals surface area contributed by atoms with Gasteiger partial charge >= 0.3 is 0 Å². The van der Waals surface area contributed by atoms with E-state index in [4.69, 9.17) is 0 Å². The molecule has 1 aliphatic rings. The number of thiazole rings is 1. The standard InChI is InChI=1S/C15H15N3OS2/c1-12-10-13(21-11-12)2-3-14(19)17-5-7-18(8-6-17)15-16-4-9-20-15/h4,9-11H,5-8H2,1H3. The van der Waals surface area contributed by atoms with Crippen molar-refractivity contribution in [2.75, 3.05) is 31.1 Å². The van der Waals surface area contributed by atoms with Gasteiger partial charge in [0.25, 0.3) is 5.91 Å². The average molecular weight is 317 g/mol. The SMILES string of the molecule is Cc1csc(C#CC(=O)N2CCN(c3nccs3)CC2)c1. The fourth-order valence-corrected chi connectivity index (χ4v) is 3.61. The van der Waals surface area contributed by atoms with Crippen LogP contribution in [0.15, 0.2) is 23.0 Å². The van der Waals surface area contributed by atoms with E-state index in [1.807, 2.05) is 34.8 Å². The summed E-state index contributed by atoms with van der Waals surface area (Å²) in [6.45, 7) is 5.08. The molecule has 1 aliphatic heterocycles. The molecular weight excluding hydrogens is 302 g/mol. The van der Waals surface area contributed by atoms with Crippen LogP contribution in [0.1, 0.15) is 10.4 Å². The van der Waals surface area contributed by atoms with Gasteiger partial charge < -0.3 is 9.80 Å². The maximum Gasteiger partial charge on any atom is 0.298 e. The Balaban J connectivity index is 1.57. The number of nitrogens with zero attached hydrogens (tertiary/aromatic N) is 3. The lowest BCUT2D eigenvalue weighted by atomic mass is 10.3. The second-order valence-electron chi connectivity index (χ2n) is 4.83. The first-order valence-electron chi connectivity index (χ1n) is 6.73. The van der Waals surface area contributed by atoms with Gasteiger partial charge in [-0.1, -0.05) is 0 Å². The van der Waals surface area contributed by atoms with Gasteiger partial charge in [0.1, 0.15) is 0 Å². The van der Waals surface area contributed by atoms with Crippen molar-refractivity contribution in [2.45, 2.75) is 6.92 Å². The number of hydrogen-bond acceptors (Lipinski definition) is 5. The molecule has 1 amide bonds. The Morgan fingerprint density at radius 2 is 2.10 bits per heavy atom. The Morgan fingerprint density at radius 1 is 1.29 bits per heavy atom. The number of rotatable bonds is 1. The minimum Gasteiger partial charge on any atom is -0.345 e. The summed E-state index contributed by atoms with van der Waals surface area (Å²) in [6, 6.07) is 2.01. The third-order valence-electron chi connectivity index (χ3n) is 3.28. The van der Waals surface area contributed by atoms with Crippen molar-refractivity contribution in [3.8, 4) is 11.8 Å². The van der Waals surface area contributed by atoms with Crippen LogP contribution in [0, 0.1) is 18.8 Å². The molecule has 0 unspecified atom stereocenters. The second-order valence-corrected chi connectivity index (χ2v) is 6.62. The molecule has 0 N–H and O–H groups in total. The molecule has 2 aromatic rings. The molecule has 0 aromatic carbocycles. The van der Waals surface area contributed by atoms with Crippen LogP contribution >= 0.6 is 22.7 Å². The number of thiophene rings is 1. The van der Waals surface area contributed by atoms with Crippen LogP contribution in [0.3, 0.4) is 0 Å². The highest BCUT2D eigenvalue weighted by Gasteiger charge is 2.21. The summed E-state index contributed by atoms with van der Waals surface area (Å²) in [5.74, 6) is 5.62. The number of piperazine rings is 1. The predicted molar refractivity (Wildman–Crippen MR) is 86.8 cm³/mol. The van der Waals surface area contributed by atoms with Crippen LogP contribution in [-0.2, 0) is 4.79 Å². The monoisotopic (exact) mass is 317 g/mol. The average Bonchev–Trinajstić information content (AvgIpc) is 3.16. The molecule has 2 aromatic heterocycles. The highest BCUT2D eigenvalue weighted by atomic mass is 32.1. The van der Waals surface area contributed by atoms with E-state index in [0.717, 1.165) is 23.1 Å². The Labute approximate surface area is 132 Å². The highest BCUT2D eigenvalue weighted by Crippen LogP contribution is 2.18. The lowest BCUT2D eigenvalue weighted by Crippen LogP contribution is -2.48. The molecule has 21 heavy (non-hydrogen) atoms. The first-order chi connectivity index (χ1) is 10.2. The molecule has 0 spiro atoms. The topological polar surface area (TPSA) is 36.4 Å². The fourth-order valence-electron chi connectivity index (χ4n) is 2.16. The van der Waals surface area contributed by atoms with Gasteiger partial charge in [-0.25, -0.2) is 4.98 Å². The predicted octanol–water partition coefficient (Wildman–Crippen LogP) is 2.21. The Kier molecular flexibility index (Phi) is 4.23. The van der Waals surface area contributed by atoms with Crippen LogP contribution in [0.4, 0.5) is 5.13 Å². The van der Waals surface area contributed by atoms with E-state index in [1.165, 1.54) is 5.56 Å². The zero-order valence-electron chi connectivity index (χ0n) is 11.7. The molecule has 0 bridgehead atoms. The third-order valence-corrected chi connectivity index (χ3v) is 5.08. The Morgan fingerprint density at radius 3 is 2.71 bits per heavy atom. The molecule has 0 atom stereocenters. The van der Waals surface area contributed by atoms with E-state index in [2.05, 4.69) is 21.7 Å². The molecule has 3 rings (SSSR count). The summed E-state index contributed by atoms with van der Waals surface area (Å²) >= 11 is 3.21. The largest absolute Gasteiger partial charge is 0.345 e. The minimum atomic E-state index is -0.0835. The summed E-state index contributed by atoms with van der Waals surface area (Å²) in [5, 5.41) is 5.05. The van der Waals surface area contributed by atoms with Crippen molar-refractivity contribution in [1.29, 1.82) is 0 Å². The van der Waals surface area contributed by atoms with Gasteiger partial charge in [0, 0.05) is 43.7 Å². The maximum absolute atomic E-state index is 12.1. The number of carbonyl (C=O) groups is 1. The zero-order valence-corrected chi connectivity index (χ0v) is 13.3. The normalized spacial score (nSPS) is 14.7. The minimum absolute atomic E-state index is 0.0835. The molecule has 3 heterocycles. The van der Waals surface area contributed by atoms with Crippen molar-refractivity contribution in [3.05, 3.63) is 33.5 Å². The summed E-state index contributed by atoms with van der Waals surface area (Å²) in [4.78, 5) is 21.4. The maximum atomic E-state index is 12.1. The van der Waals surface area contributed by atoms with Gasteiger partial charge in [0.05, 0.1) is 4.88 Å². The summed E-state index contributed by atoms with van der Waals surface area (Å²) in [5.41, 5.74) is 1.19. The molecule has 1 fully saturated rings. The third kappa shape index (κ3) is 3.43. The van der Waals surface area contributed by atoms with Gasteiger partial charge in [-0.15, -0.1) is 22.7 Å². The smallest absolute Gasteiger partial charge is 0.298 e. The number of amides is 1. The molecule has 108 valence electrons. The lowest BCUT2D eigenvalue weighted by Gasteiger charge is -2.33. The Hall–Kier alpha value is -1.84. The highest BCUT2D eigenvalue weighted by molar-refractivity contribution is 7.13. The van der Waals surface area contributed by atoms with Crippen LogP contribution in [0.2, 0.25) is 0 Å². The molecule has 4 nitrogen and oxygen atoms in total. The van der Waals surface area contributed by atoms with Crippen LogP contribution in [0.5, 0.6) is 0 Å². The fraction of sp³-hybridized carbons (Fsp3) is 0.333. The van der Waals surface area contributed by atoms with E-state index >= 15 is 0 Å². The van der Waals surface area contributed by atoms with Crippen LogP contribution in [-0.4, -0.2) is 42.0 Å². The van der Waals surface area contributed by atoms with E-state index < -0.39 is 0 Å². The van der Waals surface area contributed by atoms with Crippen LogP contribution in [0.25, 0.3) is 0 Å². The summed E-state index contributed by atoms with van der Waals surface area (Å²) in [7, 11) is 0. The van der Waals surface area contributed by atoms with Gasteiger partial charge in [-0.2, -0.15) is 0 Å². The number of hydrogen-bond donors (Lipinski definition) is 0. The molecule has 1 saturated heterocycles. The number of aromatic nitrogens is 1. The Bertz CT molecular complexity index is 673. The van der Waals surface area contributed by atoms with Crippen molar-refractivity contribution in [3.63, 3.8) is 0 Å². The zero-order chi connectivity index (χ0) is 14.7. The number of carbonyl (C=O) groups excluding carboxylic acids is 1. The van der Waals surface area contributed by atoms with E-state index in [1.54, 1.807) is 22.7 Å². The van der Waals surface area contributed by atoms with Crippen molar-refractivity contribution in [2.24, 2.45) is 0 Å². The molecular formula is C15H15N3OS2. The van der Waals surface area contributed by atoms with Crippen molar-refractivity contribution >= 4 is 33.7 Å². The van der Waals surface area contributed by atoms with Crippen molar-refractivity contribution < 1.29 is 4.79 Å². The van der Waals surface area contributed by atoms with E-state index in [-0.39, 0.29) is 5.91 Å². The number of anilines is 1. The van der Waals surface area contributed by atoms with Crippen molar-refractivity contribution in [1.82, 2.24) is 9.88 Å². The molecule has 0 aliphatic carbocycles. The second kappa shape index (κ2) is 6.29. The van der Waals surface area contributed by atoms with Gasteiger partial charge in [-0.3, -0.25) is 4.79 Å². The van der Waals surface area contributed by atoms with Crippen LogP contribution < -0.4 is 4.90 Å².